The van der Waals surface area contributed by atoms with Gasteiger partial charge in [0.1, 0.15) is 18.1 Å². The number of phenols is 2. The van der Waals surface area contributed by atoms with Crippen LogP contribution < -0.4 is 0 Å². The third kappa shape index (κ3) is 5.57. The Hall–Kier alpha value is -4.23. The number of hydrogen-bond donors (Lipinski definition) is 2. The summed E-state index contributed by atoms with van der Waals surface area (Å²) in [5, 5.41) is 21.7. The second-order valence-corrected chi connectivity index (χ2v) is 7.51. The molecule has 0 saturated heterocycles. The lowest BCUT2D eigenvalue weighted by Crippen LogP contribution is -2.12. The van der Waals surface area contributed by atoms with E-state index in [0.717, 1.165) is 0 Å². The summed E-state index contributed by atoms with van der Waals surface area (Å²) in [7, 11) is 0. The van der Waals surface area contributed by atoms with Crippen molar-refractivity contribution >= 4 is 17.5 Å². The van der Waals surface area contributed by atoms with Crippen molar-refractivity contribution in [1.82, 2.24) is 0 Å². The van der Waals surface area contributed by atoms with E-state index >= 15 is 0 Å². The van der Waals surface area contributed by atoms with Crippen LogP contribution in [0.5, 0.6) is 11.5 Å². The summed E-state index contributed by atoms with van der Waals surface area (Å²) in [5.74, 6) is -2.58. The van der Waals surface area contributed by atoms with E-state index in [1.54, 1.807) is 60.7 Å². The Kier molecular flexibility index (Phi) is 7.95. The van der Waals surface area contributed by atoms with Gasteiger partial charge in [-0.2, -0.15) is 0 Å². The number of aromatic hydroxyl groups is 2. The van der Waals surface area contributed by atoms with Crippen molar-refractivity contribution in [3.8, 4) is 11.5 Å². The quantitative estimate of drug-likeness (QED) is 0.202. The number of phenolic OH excluding ortho intramolecular Hbond substituents is 2. The van der Waals surface area contributed by atoms with Crippen molar-refractivity contribution in [2.75, 3.05) is 13.2 Å². The summed E-state index contributed by atoms with van der Waals surface area (Å²) in [6, 6.07) is 17.7. The second kappa shape index (κ2) is 11.1. The summed E-state index contributed by atoms with van der Waals surface area (Å²) < 4.78 is 10.4. The first-order valence-corrected chi connectivity index (χ1v) is 10.5. The largest absolute Gasteiger partial charge is 0.507 e. The molecule has 0 saturated carbocycles. The van der Waals surface area contributed by atoms with E-state index in [4.69, 9.17) is 9.47 Å². The molecular formula is C27H24O7. The maximum absolute atomic E-state index is 13.1. The topological polar surface area (TPSA) is 110 Å². The lowest BCUT2D eigenvalue weighted by Gasteiger charge is -2.16. The van der Waals surface area contributed by atoms with Gasteiger partial charge in [-0.25, -0.2) is 4.79 Å². The van der Waals surface area contributed by atoms with E-state index in [-0.39, 0.29) is 42.1 Å². The molecule has 0 aromatic heterocycles. The number of carbonyl (C=O) groups excluding carboxylic acids is 3. The Morgan fingerprint density at radius 2 is 1.26 bits per heavy atom. The van der Waals surface area contributed by atoms with Crippen LogP contribution in [-0.4, -0.2) is 41.0 Å². The summed E-state index contributed by atoms with van der Waals surface area (Å²) in [4.78, 5) is 37.7. The summed E-state index contributed by atoms with van der Waals surface area (Å²) in [6.45, 7) is 4.55. The van der Waals surface area contributed by atoms with Gasteiger partial charge in [-0.15, -0.1) is 0 Å². The van der Waals surface area contributed by atoms with Gasteiger partial charge in [-0.3, -0.25) is 9.59 Å². The molecule has 0 fully saturated rings. The Morgan fingerprint density at radius 3 is 1.71 bits per heavy atom. The van der Waals surface area contributed by atoms with Crippen molar-refractivity contribution < 1.29 is 34.1 Å². The van der Waals surface area contributed by atoms with Crippen LogP contribution in [0.15, 0.2) is 78.9 Å². The molecule has 2 N–H and O–H groups in total. The Morgan fingerprint density at radius 1 is 0.794 bits per heavy atom. The van der Waals surface area contributed by atoms with Gasteiger partial charge in [0.25, 0.3) is 0 Å². The van der Waals surface area contributed by atoms with Gasteiger partial charge in [-0.05, 0) is 13.0 Å². The standard InChI is InChI=1S/C27H24O7/c1-17(2)27(32)34-14-13-33-16-22-25(30)20(23(28)18-9-5-3-6-10-18)15-21(26(22)31)24(29)19-11-7-4-8-12-19/h3-12,15,30-31H,1,13-14,16H2,2H3. The Balaban J connectivity index is 1.94. The zero-order chi connectivity index (χ0) is 24.7. The molecule has 0 aliphatic heterocycles. The van der Waals surface area contributed by atoms with Crippen LogP contribution in [0.25, 0.3) is 0 Å². The Bertz CT molecular complexity index is 1140. The number of ketones is 2. The van der Waals surface area contributed by atoms with Crippen LogP contribution in [0.3, 0.4) is 0 Å². The maximum atomic E-state index is 13.1. The monoisotopic (exact) mass is 460 g/mol. The fourth-order valence-electron chi connectivity index (χ4n) is 3.18. The zero-order valence-electron chi connectivity index (χ0n) is 18.6. The molecule has 174 valence electrons. The van der Waals surface area contributed by atoms with Gasteiger partial charge in [0.05, 0.1) is 29.9 Å². The number of hydrogen-bond acceptors (Lipinski definition) is 7. The lowest BCUT2D eigenvalue weighted by atomic mass is 9.93. The van der Waals surface area contributed by atoms with E-state index < -0.39 is 29.0 Å². The molecule has 0 aliphatic rings. The molecule has 3 rings (SSSR count). The molecular weight excluding hydrogens is 436 g/mol. The second-order valence-electron chi connectivity index (χ2n) is 7.51. The predicted octanol–water partition coefficient (Wildman–Crippen LogP) is 4.20. The third-order valence-electron chi connectivity index (χ3n) is 4.99. The molecule has 0 heterocycles. The predicted molar refractivity (Wildman–Crippen MR) is 125 cm³/mol. The van der Waals surface area contributed by atoms with Gasteiger partial charge in [-0.1, -0.05) is 67.2 Å². The van der Waals surface area contributed by atoms with Gasteiger partial charge < -0.3 is 19.7 Å². The maximum Gasteiger partial charge on any atom is 0.333 e. The van der Waals surface area contributed by atoms with Crippen LogP contribution >= 0.6 is 0 Å². The fraction of sp³-hybridized carbons (Fsp3) is 0.148. The highest BCUT2D eigenvalue weighted by Crippen LogP contribution is 2.37. The molecule has 7 heteroatoms. The average Bonchev–Trinajstić information content (AvgIpc) is 2.85. The first kappa shape index (κ1) is 24.4. The van der Waals surface area contributed by atoms with E-state index in [1.807, 2.05) is 0 Å². The lowest BCUT2D eigenvalue weighted by molar-refractivity contribution is -0.140. The molecule has 34 heavy (non-hydrogen) atoms. The van der Waals surface area contributed by atoms with Crippen molar-refractivity contribution in [2.45, 2.75) is 13.5 Å². The van der Waals surface area contributed by atoms with Crippen molar-refractivity contribution in [3.05, 3.63) is 107 Å². The van der Waals surface area contributed by atoms with Gasteiger partial charge in [0.15, 0.2) is 11.6 Å². The summed E-state index contributed by atoms with van der Waals surface area (Å²) in [6.07, 6.45) is 0. The molecule has 0 aliphatic carbocycles. The van der Waals surface area contributed by atoms with Crippen LogP contribution in [0.1, 0.15) is 44.3 Å². The van der Waals surface area contributed by atoms with Crippen LogP contribution in [0, 0.1) is 0 Å². The fourth-order valence-corrected chi connectivity index (χ4v) is 3.18. The van der Waals surface area contributed by atoms with E-state index in [2.05, 4.69) is 6.58 Å². The van der Waals surface area contributed by atoms with Gasteiger partial charge in [0, 0.05) is 16.7 Å². The van der Waals surface area contributed by atoms with Gasteiger partial charge in [0.2, 0.25) is 0 Å². The average molecular weight is 460 g/mol. The number of benzene rings is 3. The minimum absolute atomic E-state index is 0.0449. The zero-order valence-corrected chi connectivity index (χ0v) is 18.6. The van der Waals surface area contributed by atoms with Crippen LogP contribution in [-0.2, 0) is 20.9 Å². The normalized spacial score (nSPS) is 10.5. The molecule has 0 bridgehead atoms. The molecule has 0 atom stereocenters. The van der Waals surface area contributed by atoms with Crippen molar-refractivity contribution in [3.63, 3.8) is 0 Å². The highest BCUT2D eigenvalue weighted by molar-refractivity contribution is 6.16. The van der Waals surface area contributed by atoms with E-state index in [0.29, 0.717) is 11.1 Å². The van der Waals surface area contributed by atoms with Crippen LogP contribution in [0.2, 0.25) is 0 Å². The number of carbonyl (C=O) groups is 3. The molecule has 0 amide bonds. The molecule has 3 aromatic rings. The summed E-state index contributed by atoms with van der Waals surface area (Å²) in [5.41, 5.74) is 0.449. The smallest absolute Gasteiger partial charge is 0.333 e. The first-order chi connectivity index (χ1) is 16.3. The minimum Gasteiger partial charge on any atom is -0.507 e. The van der Waals surface area contributed by atoms with Gasteiger partial charge >= 0.3 is 5.97 Å². The molecule has 0 spiro atoms. The minimum atomic E-state index is -0.569. The van der Waals surface area contributed by atoms with E-state index in [1.165, 1.54) is 13.0 Å². The number of esters is 1. The Labute approximate surface area is 196 Å². The highest BCUT2D eigenvalue weighted by atomic mass is 16.6. The molecule has 0 unspecified atom stereocenters. The summed E-state index contributed by atoms with van der Waals surface area (Å²) >= 11 is 0. The van der Waals surface area contributed by atoms with Crippen molar-refractivity contribution in [1.29, 1.82) is 0 Å². The van der Waals surface area contributed by atoms with Crippen molar-refractivity contribution in [2.24, 2.45) is 0 Å². The third-order valence-corrected chi connectivity index (χ3v) is 4.99. The number of rotatable bonds is 10. The van der Waals surface area contributed by atoms with E-state index in [9.17, 15) is 24.6 Å². The van der Waals surface area contributed by atoms with Crippen LogP contribution in [0.4, 0.5) is 0 Å². The SMILES string of the molecule is C=C(C)C(=O)OCCOCc1c(O)c(C(=O)c2ccccc2)cc(C(=O)c2ccccc2)c1O. The first-order valence-electron chi connectivity index (χ1n) is 10.5. The molecule has 3 aromatic carbocycles. The molecule has 7 nitrogen and oxygen atoms in total. The molecule has 0 radical (unpaired) electrons. The number of ether oxygens (including phenoxy) is 2. The highest BCUT2D eigenvalue weighted by Gasteiger charge is 2.26.